The van der Waals surface area contributed by atoms with Gasteiger partial charge < -0.3 is 10.4 Å². The minimum atomic E-state index is -0.552. The summed E-state index contributed by atoms with van der Waals surface area (Å²) in [4.78, 5) is 44.3. The predicted molar refractivity (Wildman–Crippen MR) is 156 cm³/mol. The van der Waals surface area contributed by atoms with Crippen LogP contribution in [-0.4, -0.2) is 42.9 Å². The summed E-state index contributed by atoms with van der Waals surface area (Å²) in [6.07, 6.45) is 0. The van der Waals surface area contributed by atoms with Crippen LogP contribution in [0.2, 0.25) is 10.0 Å². The van der Waals surface area contributed by atoms with Crippen molar-refractivity contribution < 1.29 is 9.90 Å². The van der Waals surface area contributed by atoms with Crippen LogP contribution in [0.1, 0.15) is 28.9 Å². The summed E-state index contributed by atoms with van der Waals surface area (Å²) in [5.74, 6) is 0.0727. The molecule has 0 radical (unpaired) electrons. The summed E-state index contributed by atoms with van der Waals surface area (Å²) in [5.41, 5.74) is 1.68. The Labute approximate surface area is 238 Å². The number of fused-ring (bicyclic) bond motifs is 1. The molecule has 5 rings (SSSR count). The van der Waals surface area contributed by atoms with Crippen LogP contribution in [0.4, 0.5) is 0 Å². The van der Waals surface area contributed by atoms with Crippen LogP contribution in [0.25, 0.3) is 28.2 Å². The lowest BCUT2D eigenvalue weighted by Gasteiger charge is -2.18. The van der Waals surface area contributed by atoms with E-state index in [1.165, 1.54) is 11.6 Å². The lowest BCUT2D eigenvalue weighted by molar-refractivity contribution is 0.0944. The molecule has 0 aliphatic rings. The highest BCUT2D eigenvalue weighted by Gasteiger charge is 2.26. The number of amides is 1. The minimum Gasteiger partial charge on any atom is -0.395 e. The lowest BCUT2D eigenvalue weighted by Crippen LogP contribution is -2.40. The largest absolute Gasteiger partial charge is 0.395 e. The topological polar surface area (TPSA) is 111 Å². The first-order valence-corrected chi connectivity index (χ1v) is 13.2. The van der Waals surface area contributed by atoms with Crippen LogP contribution in [-0.2, 0) is 7.05 Å². The Bertz CT molecular complexity index is 1840. The molecule has 0 aliphatic carbocycles. The molecule has 2 aromatic heterocycles. The molecule has 2 N–H and O–H groups in total. The maximum absolute atomic E-state index is 13.6. The van der Waals surface area contributed by atoms with E-state index in [1.54, 1.807) is 71.3 Å². The van der Waals surface area contributed by atoms with Crippen molar-refractivity contribution in [2.75, 3.05) is 13.2 Å². The van der Waals surface area contributed by atoms with Crippen LogP contribution < -0.4 is 16.6 Å². The second-order valence-electron chi connectivity index (χ2n) is 9.19. The monoisotopic (exact) mass is 577 g/mol. The molecule has 3 aromatic carbocycles. The number of rotatable bonds is 7. The van der Waals surface area contributed by atoms with Crippen molar-refractivity contribution in [3.05, 3.63) is 115 Å². The molecule has 1 atom stereocenters. The summed E-state index contributed by atoms with van der Waals surface area (Å²) < 4.78 is 4.21. The van der Waals surface area contributed by atoms with Gasteiger partial charge in [-0.05, 0) is 61.0 Å². The van der Waals surface area contributed by atoms with E-state index in [9.17, 15) is 14.4 Å². The van der Waals surface area contributed by atoms with Crippen LogP contribution >= 0.6 is 23.2 Å². The average Bonchev–Trinajstić information content (AvgIpc) is 3.35. The van der Waals surface area contributed by atoms with Crippen molar-refractivity contribution in [3.8, 4) is 17.1 Å². The molecule has 204 valence electrons. The van der Waals surface area contributed by atoms with Crippen LogP contribution in [0.3, 0.4) is 0 Å². The number of aromatic nitrogens is 4. The van der Waals surface area contributed by atoms with E-state index in [-0.39, 0.29) is 30.2 Å². The fraction of sp³-hybridized carbons (Fsp3) is 0.172. The fourth-order valence-corrected chi connectivity index (χ4v) is 4.96. The summed E-state index contributed by atoms with van der Waals surface area (Å²) in [6, 6.07) is 20.3. The second-order valence-corrected chi connectivity index (χ2v) is 10.0. The normalized spacial score (nSPS) is 12.0. The molecular formula is C29H25Cl2N5O4. The molecule has 40 heavy (non-hydrogen) atoms. The Morgan fingerprint density at radius 2 is 1.68 bits per heavy atom. The third-order valence-electron chi connectivity index (χ3n) is 6.73. The standard InChI is InChI=1S/C29H25Cl2N5O4/c1-17(18-7-9-19(10-8-18)27(38)32-15-16-37)35-26-24(28(39)34(2)29(35)40)36(21-13-11-20(30)12-14-21)25(33-26)22-5-3-4-6-23(22)31/h3-14,17,37H,15-16H2,1-2H3,(H,32,38)/t17-/m0/s1. The van der Waals surface area contributed by atoms with Gasteiger partial charge in [-0.25, -0.2) is 9.78 Å². The van der Waals surface area contributed by atoms with Gasteiger partial charge in [0.05, 0.1) is 17.7 Å². The number of aliphatic hydroxyl groups is 1. The molecule has 0 bridgehead atoms. The van der Waals surface area contributed by atoms with Crippen molar-refractivity contribution in [1.82, 2.24) is 24.0 Å². The van der Waals surface area contributed by atoms with E-state index < -0.39 is 17.3 Å². The number of carbonyl (C=O) groups is 1. The maximum atomic E-state index is 13.6. The van der Waals surface area contributed by atoms with Gasteiger partial charge in [0, 0.05) is 35.4 Å². The number of benzene rings is 3. The van der Waals surface area contributed by atoms with Gasteiger partial charge in [0.25, 0.3) is 11.5 Å². The first-order valence-electron chi connectivity index (χ1n) is 12.5. The zero-order chi connectivity index (χ0) is 28.6. The van der Waals surface area contributed by atoms with E-state index in [1.807, 2.05) is 13.0 Å². The summed E-state index contributed by atoms with van der Waals surface area (Å²) in [6.45, 7) is 1.81. The number of aliphatic hydroxyl groups excluding tert-OH is 1. The SMILES string of the molecule is C[C@@H](c1ccc(C(=O)NCCO)cc1)n1c(=O)n(C)c(=O)c2c1nc(-c1ccccc1Cl)n2-c1ccc(Cl)cc1. The highest BCUT2D eigenvalue weighted by atomic mass is 35.5. The van der Waals surface area contributed by atoms with Crippen LogP contribution in [0.15, 0.2) is 82.4 Å². The number of hydrogen-bond acceptors (Lipinski definition) is 5. The molecule has 2 heterocycles. The number of nitrogens with zero attached hydrogens (tertiary/aromatic N) is 4. The Morgan fingerprint density at radius 1 is 1.00 bits per heavy atom. The molecule has 11 heteroatoms. The van der Waals surface area contributed by atoms with Gasteiger partial charge in [-0.2, -0.15) is 0 Å². The molecule has 0 aliphatic heterocycles. The third kappa shape index (κ3) is 4.83. The molecule has 0 saturated carbocycles. The molecule has 0 fully saturated rings. The van der Waals surface area contributed by atoms with Crippen LogP contribution in [0.5, 0.6) is 0 Å². The Balaban J connectivity index is 1.76. The zero-order valence-electron chi connectivity index (χ0n) is 21.6. The average molecular weight is 578 g/mol. The molecule has 1 amide bonds. The molecule has 0 spiro atoms. The fourth-order valence-electron chi connectivity index (χ4n) is 4.61. The van der Waals surface area contributed by atoms with Gasteiger partial charge in [-0.3, -0.25) is 23.3 Å². The quantitative estimate of drug-likeness (QED) is 0.301. The molecule has 0 unspecified atom stereocenters. The number of halogens is 2. The minimum absolute atomic E-state index is 0.145. The predicted octanol–water partition coefficient (Wildman–Crippen LogP) is 4.19. The molecule has 9 nitrogen and oxygen atoms in total. The first kappa shape index (κ1) is 27.4. The summed E-state index contributed by atoms with van der Waals surface area (Å²) in [5, 5.41) is 12.5. The van der Waals surface area contributed by atoms with Crippen molar-refractivity contribution in [2.24, 2.45) is 7.05 Å². The van der Waals surface area contributed by atoms with E-state index >= 15 is 0 Å². The van der Waals surface area contributed by atoms with Gasteiger partial charge in [0.1, 0.15) is 5.82 Å². The summed E-state index contributed by atoms with van der Waals surface area (Å²) >= 11 is 12.7. The Kier molecular flexibility index (Phi) is 7.62. The van der Waals surface area contributed by atoms with Gasteiger partial charge in [-0.1, -0.05) is 47.5 Å². The Hall–Kier alpha value is -4.18. The van der Waals surface area contributed by atoms with Crippen molar-refractivity contribution in [2.45, 2.75) is 13.0 Å². The number of nitrogens with one attached hydrogen (secondary N) is 1. The smallest absolute Gasteiger partial charge is 0.333 e. The highest BCUT2D eigenvalue weighted by molar-refractivity contribution is 6.33. The van der Waals surface area contributed by atoms with E-state index in [2.05, 4.69) is 5.32 Å². The van der Waals surface area contributed by atoms with Gasteiger partial charge in [0.15, 0.2) is 11.2 Å². The van der Waals surface area contributed by atoms with Gasteiger partial charge in [-0.15, -0.1) is 0 Å². The Morgan fingerprint density at radius 3 is 2.33 bits per heavy atom. The summed E-state index contributed by atoms with van der Waals surface area (Å²) in [7, 11) is 1.43. The van der Waals surface area contributed by atoms with Crippen molar-refractivity contribution in [3.63, 3.8) is 0 Å². The third-order valence-corrected chi connectivity index (χ3v) is 7.31. The lowest BCUT2D eigenvalue weighted by atomic mass is 10.1. The van der Waals surface area contributed by atoms with Gasteiger partial charge in [0.2, 0.25) is 0 Å². The highest BCUT2D eigenvalue weighted by Crippen LogP contribution is 2.33. The number of imidazole rings is 1. The van der Waals surface area contributed by atoms with Crippen molar-refractivity contribution >= 4 is 40.3 Å². The van der Waals surface area contributed by atoms with E-state index in [0.29, 0.717) is 32.7 Å². The zero-order valence-corrected chi connectivity index (χ0v) is 23.1. The maximum Gasteiger partial charge on any atom is 0.333 e. The number of carbonyl (C=O) groups excluding carboxylic acids is 1. The second kappa shape index (κ2) is 11.1. The van der Waals surface area contributed by atoms with Crippen molar-refractivity contribution in [1.29, 1.82) is 0 Å². The van der Waals surface area contributed by atoms with E-state index in [4.69, 9.17) is 33.3 Å². The first-order chi connectivity index (χ1) is 19.2. The van der Waals surface area contributed by atoms with E-state index in [0.717, 1.165) is 10.1 Å². The molecular weight excluding hydrogens is 553 g/mol. The van der Waals surface area contributed by atoms with Gasteiger partial charge >= 0.3 is 5.69 Å². The molecule has 5 aromatic rings. The van der Waals surface area contributed by atoms with Crippen LogP contribution in [0, 0.1) is 0 Å². The number of hydrogen-bond donors (Lipinski definition) is 2. The molecule has 0 saturated heterocycles.